The van der Waals surface area contributed by atoms with E-state index in [1.165, 1.54) is 0 Å². The van der Waals surface area contributed by atoms with Crippen molar-refractivity contribution >= 4 is 11.6 Å². The van der Waals surface area contributed by atoms with Crippen molar-refractivity contribution in [3.63, 3.8) is 0 Å². The van der Waals surface area contributed by atoms with Crippen molar-refractivity contribution in [2.45, 2.75) is 52.2 Å². The minimum Gasteiger partial charge on any atom is -0.506 e. The van der Waals surface area contributed by atoms with Crippen molar-refractivity contribution in [3.05, 3.63) is 23.8 Å². The van der Waals surface area contributed by atoms with Gasteiger partial charge in [-0.25, -0.2) is 0 Å². The Kier molecular flexibility index (Phi) is 4.49. The van der Waals surface area contributed by atoms with Crippen LogP contribution in [0.2, 0.25) is 0 Å². The van der Waals surface area contributed by atoms with E-state index < -0.39 is 11.0 Å². The van der Waals surface area contributed by atoms with Gasteiger partial charge in [0.25, 0.3) is 0 Å². The van der Waals surface area contributed by atoms with E-state index in [0.29, 0.717) is 18.7 Å². The van der Waals surface area contributed by atoms with Crippen LogP contribution in [0.15, 0.2) is 18.2 Å². The molecular formula is C17H26N2O3. The van der Waals surface area contributed by atoms with E-state index in [0.717, 1.165) is 12.0 Å². The van der Waals surface area contributed by atoms with Crippen LogP contribution in [-0.2, 0) is 16.0 Å². The molecule has 4 N–H and O–H groups in total. The summed E-state index contributed by atoms with van der Waals surface area (Å²) in [6, 6.07) is 5.20. The minimum atomic E-state index is -0.999. The van der Waals surface area contributed by atoms with E-state index >= 15 is 0 Å². The van der Waals surface area contributed by atoms with Crippen LogP contribution in [-0.4, -0.2) is 29.3 Å². The molecule has 1 saturated carbocycles. The first-order chi connectivity index (χ1) is 10.3. The summed E-state index contributed by atoms with van der Waals surface area (Å²) in [4.78, 5) is 12.6. The van der Waals surface area contributed by atoms with Gasteiger partial charge >= 0.3 is 0 Å². The number of benzene rings is 1. The Morgan fingerprint density at radius 2 is 2.14 bits per heavy atom. The molecule has 1 amide bonds. The van der Waals surface area contributed by atoms with Crippen LogP contribution in [0, 0.1) is 5.41 Å². The van der Waals surface area contributed by atoms with Crippen LogP contribution >= 0.6 is 0 Å². The first-order valence-corrected chi connectivity index (χ1v) is 7.80. The lowest BCUT2D eigenvalue weighted by Crippen LogP contribution is -2.74. The molecule has 1 aromatic carbocycles. The number of ether oxygens (including phenoxy) is 1. The number of phenols is 1. The highest BCUT2D eigenvalue weighted by Crippen LogP contribution is 2.50. The largest absolute Gasteiger partial charge is 0.506 e. The molecule has 2 unspecified atom stereocenters. The number of carbonyl (C=O) groups excluding carboxylic acids is 1. The highest BCUT2D eigenvalue weighted by Gasteiger charge is 2.62. The summed E-state index contributed by atoms with van der Waals surface area (Å²) in [6.45, 7) is 8.44. The van der Waals surface area contributed by atoms with E-state index in [9.17, 15) is 9.90 Å². The second-order valence-electron chi connectivity index (χ2n) is 6.50. The number of phenolic OH excluding ortho intramolecular Hbond substituents is 1. The Hall–Kier alpha value is -1.59. The topological polar surface area (TPSA) is 84.6 Å². The standard InChI is InChI=1S/C17H26N2O3/c1-5-11-7-8-13(20)12(9-11)19-15(21)17(18)10-14(22-6-2)16(17,3)4/h7-9,14,20H,5-6,10,18H2,1-4H3,(H,19,21). The van der Waals surface area contributed by atoms with E-state index in [1.807, 2.05) is 33.8 Å². The molecule has 122 valence electrons. The van der Waals surface area contributed by atoms with Crippen molar-refractivity contribution in [1.82, 2.24) is 0 Å². The van der Waals surface area contributed by atoms with Gasteiger partial charge in [-0.1, -0.05) is 26.8 Å². The zero-order chi connectivity index (χ0) is 16.5. The lowest BCUT2D eigenvalue weighted by atomic mass is 9.54. The van der Waals surface area contributed by atoms with Gasteiger partial charge in [-0.15, -0.1) is 0 Å². The number of hydrogen-bond acceptors (Lipinski definition) is 4. The molecule has 0 bridgehead atoms. The number of rotatable bonds is 5. The highest BCUT2D eigenvalue weighted by atomic mass is 16.5. The molecule has 0 aliphatic heterocycles. The molecule has 0 saturated heterocycles. The van der Waals surface area contributed by atoms with Crippen molar-refractivity contribution in [2.75, 3.05) is 11.9 Å². The van der Waals surface area contributed by atoms with Gasteiger partial charge in [0, 0.05) is 18.4 Å². The maximum absolute atomic E-state index is 12.6. The third-order valence-electron chi connectivity index (χ3n) is 4.95. The van der Waals surface area contributed by atoms with Gasteiger partial charge in [0.1, 0.15) is 11.3 Å². The predicted octanol–water partition coefficient (Wildman–Crippen LogP) is 2.43. The number of anilines is 1. The predicted molar refractivity (Wildman–Crippen MR) is 86.8 cm³/mol. The van der Waals surface area contributed by atoms with E-state index in [2.05, 4.69) is 5.32 Å². The molecule has 1 aliphatic rings. The van der Waals surface area contributed by atoms with Crippen molar-refractivity contribution in [2.24, 2.45) is 11.1 Å². The molecule has 2 atom stereocenters. The van der Waals surface area contributed by atoms with Gasteiger partial charge in [0.05, 0.1) is 11.8 Å². The second-order valence-corrected chi connectivity index (χ2v) is 6.50. The molecule has 5 heteroatoms. The van der Waals surface area contributed by atoms with E-state index in [-0.39, 0.29) is 17.8 Å². The zero-order valence-electron chi connectivity index (χ0n) is 13.8. The Labute approximate surface area is 131 Å². The van der Waals surface area contributed by atoms with E-state index in [1.54, 1.807) is 12.1 Å². The fourth-order valence-corrected chi connectivity index (χ4v) is 2.96. The molecular weight excluding hydrogens is 280 g/mol. The number of hydrogen-bond donors (Lipinski definition) is 3. The molecule has 5 nitrogen and oxygen atoms in total. The molecule has 0 radical (unpaired) electrons. The first-order valence-electron chi connectivity index (χ1n) is 7.80. The summed E-state index contributed by atoms with van der Waals surface area (Å²) in [6.07, 6.45) is 1.28. The van der Waals surface area contributed by atoms with Crippen molar-refractivity contribution in [3.8, 4) is 5.75 Å². The molecule has 22 heavy (non-hydrogen) atoms. The van der Waals surface area contributed by atoms with Crippen LogP contribution in [0.1, 0.15) is 39.7 Å². The summed E-state index contributed by atoms with van der Waals surface area (Å²) < 4.78 is 5.64. The van der Waals surface area contributed by atoms with Gasteiger partial charge in [0.2, 0.25) is 5.91 Å². The Balaban J connectivity index is 2.16. The smallest absolute Gasteiger partial charge is 0.245 e. The Bertz CT molecular complexity index is 571. The molecule has 0 aromatic heterocycles. The maximum Gasteiger partial charge on any atom is 0.245 e. The second kappa shape index (κ2) is 5.89. The lowest BCUT2D eigenvalue weighted by molar-refractivity contribution is -0.166. The quantitative estimate of drug-likeness (QED) is 0.729. The fraction of sp³-hybridized carbons (Fsp3) is 0.588. The number of carbonyl (C=O) groups is 1. The van der Waals surface area contributed by atoms with Gasteiger partial charge in [-0.3, -0.25) is 4.79 Å². The number of nitrogens with two attached hydrogens (primary N) is 1. The SMILES string of the molecule is CCOC1CC(N)(C(=O)Nc2cc(CC)ccc2O)C1(C)C. The highest BCUT2D eigenvalue weighted by molar-refractivity contribution is 6.00. The number of aryl methyl sites for hydroxylation is 1. The molecule has 0 spiro atoms. The van der Waals surface area contributed by atoms with Gasteiger partial charge in [0.15, 0.2) is 0 Å². The van der Waals surface area contributed by atoms with Crippen LogP contribution in [0.5, 0.6) is 5.75 Å². The molecule has 0 heterocycles. The number of aromatic hydroxyl groups is 1. The molecule has 1 fully saturated rings. The first kappa shape index (κ1) is 16.8. The number of nitrogens with one attached hydrogen (secondary N) is 1. The maximum atomic E-state index is 12.6. The number of amides is 1. The summed E-state index contributed by atoms with van der Waals surface area (Å²) in [5, 5.41) is 12.7. The third-order valence-corrected chi connectivity index (χ3v) is 4.95. The normalized spacial score (nSPS) is 26.3. The monoisotopic (exact) mass is 306 g/mol. The average Bonchev–Trinajstić information content (AvgIpc) is 2.48. The molecule has 1 aliphatic carbocycles. The minimum absolute atomic E-state index is 0.0242. The Morgan fingerprint density at radius 1 is 1.45 bits per heavy atom. The molecule has 2 rings (SSSR count). The van der Waals surface area contributed by atoms with Crippen LogP contribution in [0.3, 0.4) is 0 Å². The summed E-state index contributed by atoms with van der Waals surface area (Å²) >= 11 is 0. The molecule has 1 aromatic rings. The van der Waals surface area contributed by atoms with Crippen LogP contribution in [0.4, 0.5) is 5.69 Å². The zero-order valence-corrected chi connectivity index (χ0v) is 13.8. The average molecular weight is 306 g/mol. The summed E-state index contributed by atoms with van der Waals surface area (Å²) in [5.41, 5.74) is 6.34. The van der Waals surface area contributed by atoms with Gasteiger partial charge < -0.3 is 20.9 Å². The summed E-state index contributed by atoms with van der Waals surface area (Å²) in [7, 11) is 0. The lowest BCUT2D eigenvalue weighted by Gasteiger charge is -2.57. The van der Waals surface area contributed by atoms with Crippen molar-refractivity contribution in [1.29, 1.82) is 0 Å². The Morgan fingerprint density at radius 3 is 2.68 bits per heavy atom. The van der Waals surface area contributed by atoms with Crippen LogP contribution in [0.25, 0.3) is 0 Å². The van der Waals surface area contributed by atoms with Crippen molar-refractivity contribution < 1.29 is 14.6 Å². The fourth-order valence-electron chi connectivity index (χ4n) is 2.96. The van der Waals surface area contributed by atoms with Crippen LogP contribution < -0.4 is 11.1 Å². The van der Waals surface area contributed by atoms with Gasteiger partial charge in [-0.2, -0.15) is 0 Å². The summed E-state index contributed by atoms with van der Waals surface area (Å²) in [5.74, 6) is -0.232. The van der Waals surface area contributed by atoms with Gasteiger partial charge in [-0.05, 0) is 31.0 Å². The van der Waals surface area contributed by atoms with E-state index in [4.69, 9.17) is 10.5 Å². The third kappa shape index (κ3) is 2.59.